The normalized spacial score (nSPS) is 16.6. The highest BCUT2D eigenvalue weighted by Gasteiger charge is 2.34. The molecule has 0 saturated carbocycles. The lowest BCUT2D eigenvalue weighted by Crippen LogP contribution is -2.32. The monoisotopic (exact) mass is 372 g/mol. The van der Waals surface area contributed by atoms with Crippen molar-refractivity contribution < 1.29 is 14.3 Å². The maximum atomic E-state index is 12.4. The molecule has 1 aliphatic rings. The van der Waals surface area contributed by atoms with E-state index in [4.69, 9.17) is 16.3 Å². The van der Waals surface area contributed by atoms with Gasteiger partial charge in [-0.05, 0) is 29.3 Å². The molecule has 1 saturated heterocycles. The molecule has 0 radical (unpaired) electrons. The summed E-state index contributed by atoms with van der Waals surface area (Å²) < 4.78 is 5.12. The van der Waals surface area contributed by atoms with Crippen molar-refractivity contribution in [1.82, 2.24) is 10.2 Å². The summed E-state index contributed by atoms with van der Waals surface area (Å²) in [6, 6.07) is 15.0. The molecule has 1 unspecified atom stereocenters. The molecule has 1 N–H and O–H groups in total. The Kier molecular flexibility index (Phi) is 5.78. The number of ether oxygens (including phenoxy) is 1. The molecule has 2 aromatic carbocycles. The first kappa shape index (κ1) is 18.3. The third kappa shape index (κ3) is 4.35. The van der Waals surface area contributed by atoms with Crippen LogP contribution in [0.3, 0.4) is 0 Å². The molecule has 1 atom stereocenters. The highest BCUT2D eigenvalue weighted by Crippen LogP contribution is 2.23. The van der Waals surface area contributed by atoms with Crippen LogP contribution in [-0.4, -0.2) is 30.4 Å². The minimum atomic E-state index is -0.330. The molecule has 6 heteroatoms. The molecule has 26 heavy (non-hydrogen) atoms. The van der Waals surface area contributed by atoms with E-state index in [1.54, 1.807) is 18.1 Å². The third-order valence-electron chi connectivity index (χ3n) is 4.53. The van der Waals surface area contributed by atoms with E-state index in [0.717, 1.165) is 16.9 Å². The van der Waals surface area contributed by atoms with Gasteiger partial charge in [-0.15, -0.1) is 0 Å². The van der Waals surface area contributed by atoms with Crippen molar-refractivity contribution >= 4 is 23.4 Å². The zero-order valence-corrected chi connectivity index (χ0v) is 15.3. The number of benzene rings is 2. The molecule has 0 aliphatic carbocycles. The quantitative estimate of drug-likeness (QED) is 0.848. The van der Waals surface area contributed by atoms with Gasteiger partial charge in [-0.25, -0.2) is 0 Å². The van der Waals surface area contributed by atoms with Crippen LogP contribution in [0.25, 0.3) is 0 Å². The number of amides is 2. The van der Waals surface area contributed by atoms with E-state index in [-0.39, 0.29) is 24.2 Å². The Morgan fingerprint density at radius 2 is 1.96 bits per heavy atom. The number of carbonyl (C=O) groups is 2. The lowest BCUT2D eigenvalue weighted by Gasteiger charge is -2.17. The number of methoxy groups -OCH3 is 1. The number of hydrogen-bond acceptors (Lipinski definition) is 3. The molecule has 0 aromatic heterocycles. The fraction of sp³-hybridized carbons (Fsp3) is 0.300. The third-order valence-corrected chi connectivity index (χ3v) is 4.90. The maximum absolute atomic E-state index is 12.4. The molecule has 0 spiro atoms. The second-order valence-electron chi connectivity index (χ2n) is 6.33. The summed E-state index contributed by atoms with van der Waals surface area (Å²) >= 11 is 6.16. The molecular weight excluding hydrogens is 352 g/mol. The summed E-state index contributed by atoms with van der Waals surface area (Å²) in [6.07, 6.45) is 0.235. The molecule has 1 heterocycles. The van der Waals surface area contributed by atoms with Crippen LogP contribution in [0.2, 0.25) is 5.02 Å². The first-order chi connectivity index (χ1) is 12.6. The smallest absolute Gasteiger partial charge is 0.225 e. The van der Waals surface area contributed by atoms with Crippen LogP contribution in [-0.2, 0) is 22.7 Å². The molecule has 1 fully saturated rings. The summed E-state index contributed by atoms with van der Waals surface area (Å²) in [5, 5.41) is 3.54. The summed E-state index contributed by atoms with van der Waals surface area (Å²) in [7, 11) is 1.61. The number of likely N-dealkylation sites (tertiary alicyclic amines) is 1. The minimum Gasteiger partial charge on any atom is -0.497 e. The van der Waals surface area contributed by atoms with E-state index >= 15 is 0 Å². The van der Waals surface area contributed by atoms with Gasteiger partial charge in [0.15, 0.2) is 0 Å². The maximum Gasteiger partial charge on any atom is 0.225 e. The lowest BCUT2D eigenvalue weighted by molar-refractivity contribution is -0.129. The summed E-state index contributed by atoms with van der Waals surface area (Å²) in [5.74, 6) is 0.324. The first-order valence-electron chi connectivity index (χ1n) is 8.48. The van der Waals surface area contributed by atoms with Crippen molar-refractivity contribution in [1.29, 1.82) is 0 Å². The van der Waals surface area contributed by atoms with Crippen LogP contribution in [0, 0.1) is 5.92 Å². The van der Waals surface area contributed by atoms with Gasteiger partial charge in [-0.1, -0.05) is 41.9 Å². The number of nitrogens with one attached hydrogen (secondary N) is 1. The molecule has 3 rings (SSSR count). The largest absolute Gasteiger partial charge is 0.497 e. The van der Waals surface area contributed by atoms with Crippen LogP contribution < -0.4 is 10.1 Å². The Morgan fingerprint density at radius 3 is 2.65 bits per heavy atom. The Balaban J connectivity index is 1.54. The van der Waals surface area contributed by atoms with Crippen LogP contribution in [0.15, 0.2) is 48.5 Å². The van der Waals surface area contributed by atoms with Crippen LogP contribution >= 0.6 is 11.6 Å². The average Bonchev–Trinajstić information content (AvgIpc) is 3.02. The van der Waals surface area contributed by atoms with Crippen molar-refractivity contribution in [2.24, 2.45) is 5.92 Å². The average molecular weight is 373 g/mol. The van der Waals surface area contributed by atoms with Crippen molar-refractivity contribution in [3.8, 4) is 5.75 Å². The topological polar surface area (TPSA) is 58.6 Å². The molecule has 2 amide bonds. The number of rotatable bonds is 6. The van der Waals surface area contributed by atoms with Crippen LogP contribution in [0.4, 0.5) is 0 Å². The van der Waals surface area contributed by atoms with Gasteiger partial charge in [0.25, 0.3) is 0 Å². The zero-order chi connectivity index (χ0) is 18.5. The van der Waals surface area contributed by atoms with E-state index in [2.05, 4.69) is 5.32 Å². The molecular formula is C20H21ClN2O3. The van der Waals surface area contributed by atoms with Gasteiger partial charge in [-0.3, -0.25) is 9.59 Å². The fourth-order valence-corrected chi connectivity index (χ4v) is 3.21. The number of carbonyl (C=O) groups excluding carboxylic acids is 2. The van der Waals surface area contributed by atoms with Gasteiger partial charge in [0.1, 0.15) is 5.75 Å². The second kappa shape index (κ2) is 8.23. The highest BCUT2D eigenvalue weighted by molar-refractivity contribution is 6.31. The standard InChI is InChI=1S/C20H21ClN2O3/c1-26-17-8-6-14(7-9-17)11-22-20(25)16-10-19(24)23(13-16)12-15-4-2-3-5-18(15)21/h2-9,16H,10-13H2,1H3,(H,22,25). The highest BCUT2D eigenvalue weighted by atomic mass is 35.5. The van der Waals surface area contributed by atoms with Crippen molar-refractivity contribution in [2.75, 3.05) is 13.7 Å². The second-order valence-corrected chi connectivity index (χ2v) is 6.74. The Morgan fingerprint density at radius 1 is 1.23 bits per heavy atom. The van der Waals surface area contributed by atoms with Gasteiger partial charge in [0.05, 0.1) is 13.0 Å². The van der Waals surface area contributed by atoms with E-state index in [9.17, 15) is 9.59 Å². The van der Waals surface area contributed by atoms with Crippen molar-refractivity contribution in [2.45, 2.75) is 19.5 Å². The van der Waals surface area contributed by atoms with E-state index in [0.29, 0.717) is 24.7 Å². The van der Waals surface area contributed by atoms with Gasteiger partial charge in [0, 0.05) is 31.1 Å². The van der Waals surface area contributed by atoms with E-state index in [1.807, 2.05) is 42.5 Å². The predicted octanol–water partition coefficient (Wildman–Crippen LogP) is 3.01. The van der Waals surface area contributed by atoms with Crippen molar-refractivity contribution in [3.05, 3.63) is 64.7 Å². The Hall–Kier alpha value is -2.53. The number of halogens is 1. The van der Waals surface area contributed by atoms with Gasteiger partial charge in [0.2, 0.25) is 11.8 Å². The van der Waals surface area contributed by atoms with E-state index < -0.39 is 0 Å². The summed E-state index contributed by atoms with van der Waals surface area (Å²) in [5.41, 5.74) is 1.87. The predicted molar refractivity (Wildman–Crippen MR) is 99.8 cm³/mol. The summed E-state index contributed by atoms with van der Waals surface area (Å²) in [6.45, 7) is 1.28. The minimum absolute atomic E-state index is 0.0190. The van der Waals surface area contributed by atoms with Gasteiger partial charge in [-0.2, -0.15) is 0 Å². The molecule has 2 aromatic rings. The van der Waals surface area contributed by atoms with Gasteiger partial charge >= 0.3 is 0 Å². The van der Waals surface area contributed by atoms with Crippen molar-refractivity contribution in [3.63, 3.8) is 0 Å². The lowest BCUT2D eigenvalue weighted by atomic mass is 10.1. The number of hydrogen-bond donors (Lipinski definition) is 1. The Labute approximate surface area is 157 Å². The SMILES string of the molecule is COc1ccc(CNC(=O)C2CC(=O)N(Cc3ccccc3Cl)C2)cc1. The first-order valence-corrected chi connectivity index (χ1v) is 8.86. The van der Waals surface area contributed by atoms with Crippen LogP contribution in [0.1, 0.15) is 17.5 Å². The fourth-order valence-electron chi connectivity index (χ4n) is 3.01. The molecule has 0 bridgehead atoms. The van der Waals surface area contributed by atoms with Gasteiger partial charge < -0.3 is 15.0 Å². The molecule has 1 aliphatic heterocycles. The zero-order valence-electron chi connectivity index (χ0n) is 14.6. The van der Waals surface area contributed by atoms with E-state index in [1.165, 1.54) is 0 Å². The summed E-state index contributed by atoms with van der Waals surface area (Å²) in [4.78, 5) is 26.3. The molecule has 136 valence electrons. The Bertz CT molecular complexity index is 792. The number of nitrogens with zero attached hydrogens (tertiary/aromatic N) is 1. The van der Waals surface area contributed by atoms with Crippen LogP contribution in [0.5, 0.6) is 5.75 Å². The molecule has 5 nitrogen and oxygen atoms in total.